The molecule has 6 rings (SSSR count). The largest absolute Gasteiger partial charge is 0.456 e. The quantitative estimate of drug-likeness (QED) is 0.307. The Balaban J connectivity index is 1.62. The Morgan fingerprint density at radius 2 is 1.52 bits per heavy atom. The first-order chi connectivity index (χ1) is 13.3. The molecule has 0 atom stereocenters. The topological polar surface area (TPSA) is 39.2 Å². The smallest absolute Gasteiger partial charge is 0.227 e. The van der Waals surface area contributed by atoms with E-state index in [0.717, 1.165) is 43.8 Å². The third kappa shape index (κ3) is 2.19. The first-order valence-corrected chi connectivity index (χ1v) is 9.04. The number of furan rings is 1. The predicted octanol–water partition coefficient (Wildman–Crippen LogP) is 7.20. The molecule has 2 heterocycles. The molecule has 0 saturated carbocycles. The van der Waals surface area contributed by atoms with Crippen molar-refractivity contribution in [3.63, 3.8) is 0 Å². The van der Waals surface area contributed by atoms with Gasteiger partial charge in [0.05, 0.1) is 0 Å². The van der Waals surface area contributed by atoms with Crippen molar-refractivity contribution >= 4 is 55.4 Å². The van der Waals surface area contributed by atoms with Crippen molar-refractivity contribution in [1.82, 2.24) is 4.98 Å². The molecule has 0 fully saturated rings. The highest BCUT2D eigenvalue weighted by molar-refractivity contribution is 6.31. The molecule has 4 aromatic carbocycles. The van der Waals surface area contributed by atoms with Crippen LogP contribution in [0, 0.1) is 0 Å². The molecule has 0 saturated heterocycles. The van der Waals surface area contributed by atoms with Gasteiger partial charge in [0.25, 0.3) is 0 Å². The maximum absolute atomic E-state index is 6.09. The van der Waals surface area contributed by atoms with Crippen LogP contribution in [0.2, 0.25) is 5.02 Å². The third-order valence-electron chi connectivity index (χ3n) is 4.96. The van der Waals surface area contributed by atoms with E-state index in [2.05, 4.69) is 18.2 Å². The van der Waals surface area contributed by atoms with Gasteiger partial charge >= 0.3 is 0 Å². The summed E-state index contributed by atoms with van der Waals surface area (Å²) in [7, 11) is 0. The second kappa shape index (κ2) is 5.35. The summed E-state index contributed by atoms with van der Waals surface area (Å²) in [5, 5.41) is 4.96. The zero-order valence-electron chi connectivity index (χ0n) is 14.1. The molecule has 0 radical (unpaired) electrons. The molecule has 0 aliphatic carbocycles. The van der Waals surface area contributed by atoms with Gasteiger partial charge in [-0.2, -0.15) is 0 Å². The van der Waals surface area contributed by atoms with Gasteiger partial charge in [-0.05, 0) is 35.0 Å². The molecule has 128 valence electrons. The number of benzene rings is 4. The molecule has 3 nitrogen and oxygen atoms in total. The Bertz CT molecular complexity index is 1490. The third-order valence-corrected chi connectivity index (χ3v) is 5.20. The lowest BCUT2D eigenvalue weighted by Crippen LogP contribution is -1.80. The normalized spacial score (nSPS) is 11.9. The molecule has 0 spiro atoms. The van der Waals surface area contributed by atoms with Gasteiger partial charge in [-0.1, -0.05) is 48.0 Å². The van der Waals surface area contributed by atoms with Crippen molar-refractivity contribution in [2.24, 2.45) is 0 Å². The highest BCUT2D eigenvalue weighted by Crippen LogP contribution is 2.36. The van der Waals surface area contributed by atoms with Crippen molar-refractivity contribution < 1.29 is 8.83 Å². The Labute approximate surface area is 158 Å². The fraction of sp³-hybridized carbons (Fsp3) is 0. The van der Waals surface area contributed by atoms with E-state index in [9.17, 15) is 0 Å². The average Bonchev–Trinajstić information content (AvgIpc) is 3.25. The predicted molar refractivity (Wildman–Crippen MR) is 109 cm³/mol. The van der Waals surface area contributed by atoms with E-state index in [4.69, 9.17) is 25.4 Å². The lowest BCUT2D eigenvalue weighted by molar-refractivity contribution is 0.618. The van der Waals surface area contributed by atoms with Gasteiger partial charge in [0.2, 0.25) is 5.89 Å². The Morgan fingerprint density at radius 1 is 0.667 bits per heavy atom. The van der Waals surface area contributed by atoms with Crippen LogP contribution in [0.4, 0.5) is 0 Å². The van der Waals surface area contributed by atoms with Crippen molar-refractivity contribution in [1.29, 1.82) is 0 Å². The fourth-order valence-corrected chi connectivity index (χ4v) is 3.86. The van der Waals surface area contributed by atoms with Crippen LogP contribution in [-0.4, -0.2) is 4.98 Å². The van der Waals surface area contributed by atoms with Crippen LogP contribution in [0.25, 0.3) is 55.3 Å². The standard InChI is InChI=1S/C23H12ClNO2/c24-14-8-9-16-18-11-19-22(12-21(18)26-20(16)10-14)27-23(25-19)17-7-3-5-13-4-1-2-6-15(13)17/h1-12H. The number of hydrogen-bond acceptors (Lipinski definition) is 3. The van der Waals surface area contributed by atoms with Crippen LogP contribution >= 0.6 is 11.6 Å². The molecule has 0 aliphatic rings. The number of fused-ring (bicyclic) bond motifs is 5. The molecule has 6 aromatic rings. The van der Waals surface area contributed by atoms with Gasteiger partial charge in [0.1, 0.15) is 16.7 Å². The summed E-state index contributed by atoms with van der Waals surface area (Å²) >= 11 is 6.08. The minimum Gasteiger partial charge on any atom is -0.456 e. The number of halogens is 1. The molecular formula is C23H12ClNO2. The van der Waals surface area contributed by atoms with E-state index in [-0.39, 0.29) is 0 Å². The molecular weight excluding hydrogens is 358 g/mol. The van der Waals surface area contributed by atoms with Crippen LogP contribution in [0.3, 0.4) is 0 Å². The number of oxazole rings is 1. The first-order valence-electron chi connectivity index (χ1n) is 8.67. The summed E-state index contributed by atoms with van der Waals surface area (Å²) in [4.78, 5) is 4.75. The van der Waals surface area contributed by atoms with E-state index < -0.39 is 0 Å². The van der Waals surface area contributed by atoms with E-state index >= 15 is 0 Å². The van der Waals surface area contributed by atoms with Gasteiger partial charge in [-0.25, -0.2) is 4.98 Å². The SMILES string of the molecule is Clc1ccc2c(c1)oc1cc3oc(-c4cccc5ccccc45)nc3cc12. The van der Waals surface area contributed by atoms with E-state index in [1.165, 1.54) is 0 Å². The second-order valence-electron chi connectivity index (χ2n) is 6.60. The second-order valence-corrected chi connectivity index (χ2v) is 7.04. The number of hydrogen-bond donors (Lipinski definition) is 0. The fourth-order valence-electron chi connectivity index (χ4n) is 3.70. The first kappa shape index (κ1) is 14.8. The Kier molecular flexibility index (Phi) is 2.94. The molecule has 0 aliphatic heterocycles. The van der Waals surface area contributed by atoms with Crippen LogP contribution in [-0.2, 0) is 0 Å². The van der Waals surface area contributed by atoms with Gasteiger partial charge in [0.15, 0.2) is 5.58 Å². The van der Waals surface area contributed by atoms with Crippen molar-refractivity contribution in [3.8, 4) is 11.5 Å². The van der Waals surface area contributed by atoms with E-state index in [1.807, 2.05) is 54.6 Å². The van der Waals surface area contributed by atoms with Crippen molar-refractivity contribution in [2.45, 2.75) is 0 Å². The molecule has 0 N–H and O–H groups in total. The number of nitrogens with zero attached hydrogens (tertiary/aromatic N) is 1. The number of rotatable bonds is 1. The minimum absolute atomic E-state index is 0.613. The van der Waals surface area contributed by atoms with Gasteiger partial charge in [-0.3, -0.25) is 0 Å². The van der Waals surface area contributed by atoms with E-state index in [0.29, 0.717) is 16.5 Å². The molecule has 2 aromatic heterocycles. The highest BCUT2D eigenvalue weighted by Gasteiger charge is 2.15. The van der Waals surface area contributed by atoms with Crippen LogP contribution in [0.5, 0.6) is 0 Å². The Morgan fingerprint density at radius 3 is 2.48 bits per heavy atom. The van der Waals surface area contributed by atoms with Crippen LogP contribution < -0.4 is 0 Å². The van der Waals surface area contributed by atoms with Crippen molar-refractivity contribution in [3.05, 3.63) is 77.8 Å². The summed E-state index contributed by atoms with van der Waals surface area (Å²) in [5.41, 5.74) is 4.02. The van der Waals surface area contributed by atoms with Gasteiger partial charge in [0, 0.05) is 33.5 Å². The van der Waals surface area contributed by atoms with Crippen LogP contribution in [0.15, 0.2) is 81.6 Å². The maximum atomic E-state index is 6.09. The average molecular weight is 370 g/mol. The van der Waals surface area contributed by atoms with Gasteiger partial charge < -0.3 is 8.83 Å². The molecule has 4 heteroatoms. The summed E-state index contributed by atoms with van der Waals surface area (Å²) in [6, 6.07) is 24.0. The molecule has 27 heavy (non-hydrogen) atoms. The lowest BCUT2D eigenvalue weighted by atomic mass is 10.0. The van der Waals surface area contributed by atoms with E-state index in [1.54, 1.807) is 0 Å². The molecule has 0 unspecified atom stereocenters. The summed E-state index contributed by atoms with van der Waals surface area (Å²) < 4.78 is 12.0. The summed E-state index contributed by atoms with van der Waals surface area (Å²) in [6.07, 6.45) is 0. The highest BCUT2D eigenvalue weighted by atomic mass is 35.5. The monoisotopic (exact) mass is 369 g/mol. The molecule has 0 bridgehead atoms. The maximum Gasteiger partial charge on any atom is 0.227 e. The minimum atomic E-state index is 0.613. The van der Waals surface area contributed by atoms with Crippen LogP contribution in [0.1, 0.15) is 0 Å². The summed E-state index contributed by atoms with van der Waals surface area (Å²) in [5.74, 6) is 0.613. The zero-order valence-corrected chi connectivity index (χ0v) is 14.8. The number of aromatic nitrogens is 1. The lowest BCUT2D eigenvalue weighted by Gasteiger charge is -2.01. The zero-order chi connectivity index (χ0) is 18.0. The summed E-state index contributed by atoms with van der Waals surface area (Å²) in [6.45, 7) is 0. The van der Waals surface area contributed by atoms with Gasteiger partial charge in [-0.15, -0.1) is 0 Å². The molecule has 0 amide bonds. The Hall–Kier alpha value is -3.30. The van der Waals surface area contributed by atoms with Crippen molar-refractivity contribution in [2.75, 3.05) is 0 Å².